The second-order valence-corrected chi connectivity index (χ2v) is 7.71. The third kappa shape index (κ3) is 3.92. The Morgan fingerprint density at radius 2 is 1.87 bits per heavy atom. The highest BCUT2D eigenvalue weighted by molar-refractivity contribution is 6.30. The molecule has 1 aromatic heterocycles. The molecule has 4 rings (SSSR count). The summed E-state index contributed by atoms with van der Waals surface area (Å²) < 4.78 is 11.6. The SMILES string of the molecule is COc1cc(-c2c(C#N)c(N)nc3c2CCCC3)ccc1OCc1ccc(Cl)cc1. The minimum Gasteiger partial charge on any atom is -0.493 e. The van der Waals surface area contributed by atoms with Gasteiger partial charge in [0.25, 0.3) is 0 Å². The van der Waals surface area contributed by atoms with Gasteiger partial charge in [0.15, 0.2) is 11.5 Å². The van der Waals surface area contributed by atoms with Gasteiger partial charge < -0.3 is 15.2 Å². The number of nitrogens with two attached hydrogens (primary N) is 1. The summed E-state index contributed by atoms with van der Waals surface area (Å²) >= 11 is 5.94. The number of pyridine rings is 1. The fourth-order valence-corrected chi connectivity index (χ4v) is 4.00. The molecule has 0 fully saturated rings. The first-order valence-corrected chi connectivity index (χ1v) is 10.3. The van der Waals surface area contributed by atoms with E-state index in [4.69, 9.17) is 26.8 Å². The summed E-state index contributed by atoms with van der Waals surface area (Å²) in [6.07, 6.45) is 3.95. The van der Waals surface area contributed by atoms with Crippen molar-refractivity contribution in [2.45, 2.75) is 32.3 Å². The molecule has 6 heteroatoms. The van der Waals surface area contributed by atoms with Crippen LogP contribution in [0.1, 0.15) is 35.2 Å². The number of aryl methyl sites for hydroxylation is 1. The molecule has 0 saturated heterocycles. The molecule has 1 aliphatic carbocycles. The lowest BCUT2D eigenvalue weighted by atomic mass is 9.86. The maximum absolute atomic E-state index is 9.74. The molecular weight excluding hydrogens is 398 g/mol. The van der Waals surface area contributed by atoms with Gasteiger partial charge in [-0.2, -0.15) is 5.26 Å². The quantitative estimate of drug-likeness (QED) is 0.605. The summed E-state index contributed by atoms with van der Waals surface area (Å²) in [4.78, 5) is 4.49. The first kappa shape index (κ1) is 20.1. The highest BCUT2D eigenvalue weighted by atomic mass is 35.5. The molecule has 2 N–H and O–H groups in total. The number of rotatable bonds is 5. The summed E-state index contributed by atoms with van der Waals surface area (Å²) in [6, 6.07) is 15.5. The number of hydrogen-bond acceptors (Lipinski definition) is 5. The summed E-state index contributed by atoms with van der Waals surface area (Å²) in [6.45, 7) is 0.397. The van der Waals surface area contributed by atoms with Crippen LogP contribution in [0.2, 0.25) is 5.02 Å². The molecule has 1 heterocycles. The van der Waals surface area contributed by atoms with Crippen molar-refractivity contribution in [3.05, 3.63) is 69.9 Å². The highest BCUT2D eigenvalue weighted by Crippen LogP contribution is 2.39. The maximum Gasteiger partial charge on any atom is 0.161 e. The van der Waals surface area contributed by atoms with E-state index < -0.39 is 0 Å². The maximum atomic E-state index is 9.74. The first-order valence-electron chi connectivity index (χ1n) is 9.87. The number of ether oxygens (including phenoxy) is 2. The summed E-state index contributed by atoms with van der Waals surface area (Å²) in [5.74, 6) is 1.52. The molecule has 30 heavy (non-hydrogen) atoms. The summed E-state index contributed by atoms with van der Waals surface area (Å²) in [7, 11) is 1.61. The van der Waals surface area contributed by atoms with Gasteiger partial charge in [-0.25, -0.2) is 4.98 Å². The van der Waals surface area contributed by atoms with Gasteiger partial charge in [0.2, 0.25) is 0 Å². The average Bonchev–Trinajstić information content (AvgIpc) is 2.77. The molecule has 0 atom stereocenters. The van der Waals surface area contributed by atoms with Gasteiger partial charge in [-0.1, -0.05) is 29.8 Å². The number of hydrogen-bond donors (Lipinski definition) is 1. The van der Waals surface area contributed by atoms with Crippen LogP contribution in [0.25, 0.3) is 11.1 Å². The Labute approximate surface area is 181 Å². The summed E-state index contributed by atoms with van der Waals surface area (Å²) in [5.41, 5.74) is 11.4. The smallest absolute Gasteiger partial charge is 0.161 e. The number of nitrogen functional groups attached to an aromatic ring is 1. The first-order chi connectivity index (χ1) is 14.6. The molecule has 0 radical (unpaired) electrons. The molecule has 3 aromatic rings. The van der Waals surface area contributed by atoms with E-state index >= 15 is 0 Å². The van der Waals surface area contributed by atoms with E-state index in [1.807, 2.05) is 42.5 Å². The fraction of sp³-hybridized carbons (Fsp3) is 0.250. The number of anilines is 1. The molecule has 0 spiro atoms. The predicted molar refractivity (Wildman–Crippen MR) is 118 cm³/mol. The average molecular weight is 420 g/mol. The predicted octanol–water partition coefficient (Wildman–Crippen LogP) is 5.32. The Kier molecular flexibility index (Phi) is 5.78. The molecule has 0 unspecified atom stereocenters. The fourth-order valence-electron chi connectivity index (χ4n) is 3.88. The van der Waals surface area contributed by atoms with E-state index in [2.05, 4.69) is 11.1 Å². The third-order valence-corrected chi connectivity index (χ3v) is 5.63. The Bertz CT molecular complexity index is 1120. The van der Waals surface area contributed by atoms with Crippen LogP contribution in [0.5, 0.6) is 11.5 Å². The van der Waals surface area contributed by atoms with Crippen molar-refractivity contribution in [2.24, 2.45) is 0 Å². The Morgan fingerprint density at radius 3 is 2.60 bits per heavy atom. The number of benzene rings is 2. The molecule has 1 aliphatic rings. The minimum atomic E-state index is 0.287. The standard InChI is InChI=1S/C24H22ClN3O2/c1-29-22-12-16(8-11-21(22)30-14-15-6-9-17(25)10-7-15)23-18-4-2-3-5-20(18)28-24(27)19(23)13-26/h6-12H,2-5,14H2,1H3,(H2,27,28). The van der Waals surface area contributed by atoms with Crippen LogP contribution >= 0.6 is 11.6 Å². The van der Waals surface area contributed by atoms with Crippen molar-refractivity contribution >= 4 is 17.4 Å². The molecule has 5 nitrogen and oxygen atoms in total. The second-order valence-electron chi connectivity index (χ2n) is 7.27. The monoisotopic (exact) mass is 419 g/mol. The van der Waals surface area contributed by atoms with Crippen molar-refractivity contribution in [3.63, 3.8) is 0 Å². The molecule has 0 aliphatic heterocycles. The Hall–Kier alpha value is -3.23. The minimum absolute atomic E-state index is 0.287. The van der Waals surface area contributed by atoms with Gasteiger partial charge in [0.1, 0.15) is 24.1 Å². The van der Waals surface area contributed by atoms with Crippen LogP contribution in [-0.4, -0.2) is 12.1 Å². The zero-order valence-electron chi connectivity index (χ0n) is 16.7. The lowest BCUT2D eigenvalue weighted by molar-refractivity contribution is 0.284. The van der Waals surface area contributed by atoms with Gasteiger partial charge in [0, 0.05) is 16.3 Å². The van der Waals surface area contributed by atoms with Crippen LogP contribution < -0.4 is 15.2 Å². The molecule has 2 aromatic carbocycles. The number of aromatic nitrogens is 1. The number of methoxy groups -OCH3 is 1. The van der Waals surface area contributed by atoms with Crippen molar-refractivity contribution < 1.29 is 9.47 Å². The lowest BCUT2D eigenvalue weighted by Gasteiger charge is -2.21. The number of nitriles is 1. The van der Waals surface area contributed by atoms with Crippen LogP contribution in [0.3, 0.4) is 0 Å². The largest absolute Gasteiger partial charge is 0.493 e. The molecule has 152 valence electrons. The van der Waals surface area contributed by atoms with Crippen molar-refractivity contribution in [1.82, 2.24) is 4.98 Å². The number of fused-ring (bicyclic) bond motifs is 1. The van der Waals surface area contributed by atoms with Crippen LogP contribution in [0.15, 0.2) is 42.5 Å². The van der Waals surface area contributed by atoms with E-state index in [0.29, 0.717) is 28.7 Å². The van der Waals surface area contributed by atoms with Gasteiger partial charge in [-0.15, -0.1) is 0 Å². The molecular formula is C24H22ClN3O2. The van der Waals surface area contributed by atoms with Crippen LogP contribution in [0, 0.1) is 11.3 Å². The van der Waals surface area contributed by atoms with Gasteiger partial charge in [-0.3, -0.25) is 0 Å². The molecule has 0 saturated carbocycles. The molecule has 0 amide bonds. The van der Waals surface area contributed by atoms with E-state index in [1.165, 1.54) is 0 Å². The van der Waals surface area contributed by atoms with Crippen LogP contribution in [0.4, 0.5) is 5.82 Å². The third-order valence-electron chi connectivity index (χ3n) is 5.37. The van der Waals surface area contributed by atoms with Gasteiger partial charge in [0.05, 0.1) is 7.11 Å². The Morgan fingerprint density at radius 1 is 1.10 bits per heavy atom. The lowest BCUT2D eigenvalue weighted by Crippen LogP contribution is -2.12. The molecule has 0 bridgehead atoms. The normalized spacial score (nSPS) is 12.7. The van der Waals surface area contributed by atoms with Crippen molar-refractivity contribution in [2.75, 3.05) is 12.8 Å². The van der Waals surface area contributed by atoms with Gasteiger partial charge in [-0.05, 0) is 66.6 Å². The second kappa shape index (κ2) is 8.64. The van der Waals surface area contributed by atoms with Gasteiger partial charge >= 0.3 is 0 Å². The van der Waals surface area contributed by atoms with E-state index in [0.717, 1.165) is 53.6 Å². The Balaban J connectivity index is 1.70. The van der Waals surface area contributed by atoms with Crippen LogP contribution in [-0.2, 0) is 19.4 Å². The highest BCUT2D eigenvalue weighted by Gasteiger charge is 2.22. The zero-order valence-corrected chi connectivity index (χ0v) is 17.5. The van der Waals surface area contributed by atoms with Crippen molar-refractivity contribution in [1.29, 1.82) is 5.26 Å². The van der Waals surface area contributed by atoms with Crippen molar-refractivity contribution in [3.8, 4) is 28.7 Å². The van der Waals surface area contributed by atoms with E-state index in [9.17, 15) is 5.26 Å². The topological polar surface area (TPSA) is 81.2 Å². The summed E-state index contributed by atoms with van der Waals surface area (Å²) in [5, 5.41) is 10.4. The zero-order chi connectivity index (χ0) is 21.1. The number of halogens is 1. The van der Waals surface area contributed by atoms with E-state index in [1.54, 1.807) is 7.11 Å². The number of nitrogens with zero attached hydrogens (tertiary/aromatic N) is 2. The van der Waals surface area contributed by atoms with E-state index in [-0.39, 0.29) is 5.82 Å².